The first-order valence-electron chi connectivity index (χ1n) is 10.6. The van der Waals surface area contributed by atoms with Crippen LogP contribution >= 0.6 is 0 Å². The van der Waals surface area contributed by atoms with Gasteiger partial charge in [0.1, 0.15) is 0 Å². The highest BCUT2D eigenvalue weighted by atomic mass is 28.4. The molecule has 0 saturated heterocycles. The third-order valence-corrected chi connectivity index (χ3v) is 7.30. The smallest absolute Gasteiger partial charge is 0.374 e. The molecule has 26 heavy (non-hydrogen) atoms. The Bertz CT molecular complexity index is 312. The number of nitrogens with one attached hydrogen (secondary N) is 1. The van der Waals surface area contributed by atoms with Gasteiger partial charge in [-0.05, 0) is 46.5 Å². The first-order chi connectivity index (χ1) is 12.6. The van der Waals surface area contributed by atoms with Crippen LogP contribution in [0.4, 0.5) is 0 Å². The summed E-state index contributed by atoms with van der Waals surface area (Å²) in [5.41, 5.74) is 0. The van der Waals surface area contributed by atoms with Crippen molar-refractivity contribution in [3.63, 3.8) is 0 Å². The van der Waals surface area contributed by atoms with E-state index in [0.717, 1.165) is 25.3 Å². The molecule has 0 aliphatic heterocycles. The van der Waals surface area contributed by atoms with E-state index < -0.39 is 8.80 Å². The summed E-state index contributed by atoms with van der Waals surface area (Å²) in [5.74, 6) is 0.140. The monoisotopic (exact) mass is 388 g/mol. The van der Waals surface area contributed by atoms with Gasteiger partial charge in [0.05, 0.1) is 0 Å². The average molecular weight is 389 g/mol. The van der Waals surface area contributed by atoms with Crippen LogP contribution in [-0.2, 0) is 18.1 Å². The molecule has 0 aromatic rings. The van der Waals surface area contributed by atoms with E-state index in [2.05, 4.69) is 18.7 Å². The van der Waals surface area contributed by atoms with Gasteiger partial charge in [0.25, 0.3) is 0 Å². The van der Waals surface area contributed by atoms with E-state index in [1.165, 1.54) is 32.1 Å². The van der Waals surface area contributed by atoms with Crippen molar-refractivity contribution in [3.05, 3.63) is 6.42 Å². The second-order valence-electron chi connectivity index (χ2n) is 6.47. The fourth-order valence-electron chi connectivity index (χ4n) is 2.89. The molecule has 6 heteroatoms. The maximum absolute atomic E-state index is 11.9. The highest BCUT2D eigenvalue weighted by Crippen LogP contribution is 2.17. The number of rotatable bonds is 19. The predicted octanol–water partition coefficient (Wildman–Crippen LogP) is 4.89. The molecule has 0 heterocycles. The van der Waals surface area contributed by atoms with E-state index >= 15 is 0 Å². The van der Waals surface area contributed by atoms with E-state index in [-0.39, 0.29) is 5.91 Å². The average Bonchev–Trinajstić information content (AvgIpc) is 2.62. The Labute approximate surface area is 162 Å². The summed E-state index contributed by atoms with van der Waals surface area (Å²) in [5, 5.41) is 3.00. The van der Waals surface area contributed by atoms with Gasteiger partial charge in [-0.1, -0.05) is 39.0 Å². The van der Waals surface area contributed by atoms with Crippen molar-refractivity contribution >= 4 is 14.7 Å². The highest BCUT2D eigenvalue weighted by Gasteiger charge is 2.39. The van der Waals surface area contributed by atoms with Gasteiger partial charge in [0, 0.05) is 38.8 Å². The Morgan fingerprint density at radius 1 is 0.846 bits per heavy atom. The summed E-state index contributed by atoms with van der Waals surface area (Å²) >= 11 is 0. The third-order valence-electron chi connectivity index (χ3n) is 4.15. The lowest BCUT2D eigenvalue weighted by atomic mass is 10.1. The van der Waals surface area contributed by atoms with Crippen molar-refractivity contribution in [2.24, 2.45) is 0 Å². The Morgan fingerprint density at radius 3 is 2.04 bits per heavy atom. The van der Waals surface area contributed by atoms with E-state index in [9.17, 15) is 4.79 Å². The fraction of sp³-hybridized carbons (Fsp3) is 0.900. The maximum Gasteiger partial charge on any atom is 0.500 e. The minimum atomic E-state index is -2.57. The quantitative estimate of drug-likeness (QED) is 0.253. The van der Waals surface area contributed by atoms with Gasteiger partial charge in [-0.3, -0.25) is 4.79 Å². The van der Waals surface area contributed by atoms with E-state index in [4.69, 9.17) is 13.3 Å². The summed E-state index contributed by atoms with van der Waals surface area (Å²) < 4.78 is 17.5. The molecule has 0 rings (SSSR count). The van der Waals surface area contributed by atoms with Crippen molar-refractivity contribution in [3.8, 4) is 0 Å². The number of carbonyl (C=O) groups is 1. The first kappa shape index (κ1) is 25.6. The lowest BCUT2D eigenvalue weighted by Crippen LogP contribution is -2.46. The molecule has 0 aliphatic rings. The van der Waals surface area contributed by atoms with Crippen LogP contribution < -0.4 is 5.32 Å². The van der Waals surface area contributed by atoms with Gasteiger partial charge in [0.15, 0.2) is 0 Å². The van der Waals surface area contributed by atoms with Crippen molar-refractivity contribution in [2.75, 3.05) is 26.4 Å². The summed E-state index contributed by atoms with van der Waals surface area (Å²) in [6.07, 6.45) is 12.1. The molecule has 0 unspecified atom stereocenters. The molecular formula is C20H42NO4Si. The molecule has 5 nitrogen and oxygen atoms in total. The second kappa shape index (κ2) is 18.0. The Hall–Kier alpha value is -0.433. The molecule has 0 aromatic carbocycles. The molecule has 0 saturated carbocycles. The van der Waals surface area contributed by atoms with Crippen LogP contribution in [0.2, 0.25) is 6.04 Å². The maximum atomic E-state index is 11.9. The molecule has 0 bridgehead atoms. The largest absolute Gasteiger partial charge is 0.500 e. The predicted molar refractivity (Wildman–Crippen MR) is 110 cm³/mol. The molecule has 0 spiro atoms. The first-order valence-corrected chi connectivity index (χ1v) is 12.6. The molecule has 1 radical (unpaired) electrons. The molecule has 1 N–H and O–H groups in total. The Morgan fingerprint density at radius 2 is 1.46 bits per heavy atom. The van der Waals surface area contributed by atoms with Crippen LogP contribution in [-0.4, -0.2) is 41.1 Å². The third kappa shape index (κ3) is 13.7. The van der Waals surface area contributed by atoms with Crippen molar-refractivity contribution in [1.29, 1.82) is 0 Å². The lowest BCUT2D eigenvalue weighted by Gasteiger charge is -2.28. The Balaban J connectivity index is 3.78. The number of hydrogen-bond donors (Lipinski definition) is 1. The Kier molecular flexibility index (Phi) is 17.7. The van der Waals surface area contributed by atoms with Crippen LogP contribution in [0.1, 0.15) is 85.5 Å². The van der Waals surface area contributed by atoms with Gasteiger partial charge in [0.2, 0.25) is 5.91 Å². The van der Waals surface area contributed by atoms with Crippen molar-refractivity contribution in [2.45, 2.75) is 91.5 Å². The van der Waals surface area contributed by atoms with Crippen LogP contribution in [0, 0.1) is 6.42 Å². The zero-order valence-electron chi connectivity index (χ0n) is 17.6. The lowest BCUT2D eigenvalue weighted by molar-refractivity contribution is -0.121. The molecule has 0 aromatic heterocycles. The van der Waals surface area contributed by atoms with Crippen LogP contribution in [0.5, 0.6) is 0 Å². The molecule has 155 valence electrons. The van der Waals surface area contributed by atoms with Crippen LogP contribution in [0.25, 0.3) is 0 Å². The minimum absolute atomic E-state index is 0.140. The summed E-state index contributed by atoms with van der Waals surface area (Å²) in [6, 6.07) is 0.744. The molecule has 0 aliphatic carbocycles. The van der Waals surface area contributed by atoms with E-state index in [0.29, 0.717) is 32.8 Å². The SMILES string of the molecule is CCCCCC[CH]CCCC(=O)NCCC[Si](OCC)(OCC)OCC. The van der Waals surface area contributed by atoms with Gasteiger partial charge in [-0.15, -0.1) is 0 Å². The number of amides is 1. The van der Waals surface area contributed by atoms with Crippen LogP contribution in [0.3, 0.4) is 0 Å². The zero-order chi connectivity index (χ0) is 19.5. The number of unbranched alkanes of at least 4 members (excludes halogenated alkanes) is 7. The molecule has 0 atom stereocenters. The van der Waals surface area contributed by atoms with Crippen molar-refractivity contribution < 1.29 is 18.1 Å². The van der Waals surface area contributed by atoms with E-state index in [1.807, 2.05) is 20.8 Å². The molecule has 1 amide bonds. The van der Waals surface area contributed by atoms with Gasteiger partial charge in [-0.25, -0.2) is 0 Å². The van der Waals surface area contributed by atoms with Gasteiger partial charge < -0.3 is 18.6 Å². The topological polar surface area (TPSA) is 56.8 Å². The van der Waals surface area contributed by atoms with Gasteiger partial charge in [-0.2, -0.15) is 0 Å². The van der Waals surface area contributed by atoms with Crippen LogP contribution in [0.15, 0.2) is 0 Å². The summed E-state index contributed by atoms with van der Waals surface area (Å²) in [7, 11) is -2.57. The van der Waals surface area contributed by atoms with Gasteiger partial charge >= 0.3 is 8.80 Å². The van der Waals surface area contributed by atoms with Crippen molar-refractivity contribution in [1.82, 2.24) is 5.32 Å². The number of carbonyl (C=O) groups excluding carboxylic acids is 1. The normalized spacial score (nSPS) is 11.7. The number of hydrogen-bond acceptors (Lipinski definition) is 4. The summed E-state index contributed by atoms with van der Waals surface area (Å²) in [6.45, 7) is 10.5. The van der Waals surface area contributed by atoms with E-state index in [1.54, 1.807) is 0 Å². The molecule has 0 fully saturated rings. The zero-order valence-corrected chi connectivity index (χ0v) is 18.6. The fourth-order valence-corrected chi connectivity index (χ4v) is 5.50. The highest BCUT2D eigenvalue weighted by molar-refractivity contribution is 6.60. The summed E-state index contributed by atoms with van der Waals surface area (Å²) in [4.78, 5) is 11.9. The standard InChI is InChI=1S/C20H42NO4Si/c1-5-9-10-11-12-13-14-15-17-20(22)21-18-16-19-26(23-6-2,24-7-3)25-8-4/h13H,5-12,14-19H2,1-4H3,(H,21,22). The minimum Gasteiger partial charge on any atom is -0.374 e. The second-order valence-corrected chi connectivity index (χ2v) is 9.20. The molecular weight excluding hydrogens is 346 g/mol.